The van der Waals surface area contributed by atoms with E-state index < -0.39 is 0 Å². The highest BCUT2D eigenvalue weighted by molar-refractivity contribution is 5.32. The summed E-state index contributed by atoms with van der Waals surface area (Å²) in [6, 6.07) is 9.85. The van der Waals surface area contributed by atoms with Gasteiger partial charge in [-0.05, 0) is 44.5 Å². The molecular formula is C18H25N5. The van der Waals surface area contributed by atoms with E-state index in [9.17, 15) is 0 Å². The Morgan fingerprint density at radius 2 is 1.91 bits per heavy atom. The highest BCUT2D eigenvalue weighted by Crippen LogP contribution is 2.30. The van der Waals surface area contributed by atoms with Crippen LogP contribution >= 0.6 is 0 Å². The van der Waals surface area contributed by atoms with Gasteiger partial charge in [0.25, 0.3) is 0 Å². The van der Waals surface area contributed by atoms with E-state index in [1.807, 2.05) is 0 Å². The number of hydrogen-bond donors (Lipinski definition) is 0. The Morgan fingerprint density at radius 3 is 2.57 bits per heavy atom. The highest BCUT2D eigenvalue weighted by atomic mass is 15.4. The SMILES string of the molecule is CN(C)[C@H]1CCN(Cc2ncnn2C2Cc3ccccc3C2)C1. The van der Waals surface area contributed by atoms with Gasteiger partial charge in [0, 0.05) is 19.1 Å². The van der Waals surface area contributed by atoms with Crippen LogP contribution in [0.1, 0.15) is 29.4 Å². The maximum atomic E-state index is 4.55. The molecule has 2 heterocycles. The van der Waals surface area contributed by atoms with Crippen LogP contribution in [-0.2, 0) is 19.4 Å². The van der Waals surface area contributed by atoms with Gasteiger partial charge >= 0.3 is 0 Å². The van der Waals surface area contributed by atoms with Gasteiger partial charge in [-0.1, -0.05) is 24.3 Å². The number of aromatic nitrogens is 3. The molecule has 1 aromatic heterocycles. The first kappa shape index (κ1) is 14.8. The van der Waals surface area contributed by atoms with Crippen molar-refractivity contribution in [3.05, 3.63) is 47.5 Å². The smallest absolute Gasteiger partial charge is 0.141 e. The van der Waals surface area contributed by atoms with Gasteiger partial charge in [0.1, 0.15) is 12.2 Å². The molecule has 1 aromatic carbocycles. The number of fused-ring (bicyclic) bond motifs is 1. The fourth-order valence-corrected chi connectivity index (χ4v) is 3.98. The van der Waals surface area contributed by atoms with Crippen LogP contribution in [0.15, 0.2) is 30.6 Å². The van der Waals surface area contributed by atoms with E-state index in [0.717, 1.165) is 38.3 Å². The molecule has 1 aliphatic heterocycles. The Balaban J connectivity index is 1.46. The van der Waals surface area contributed by atoms with Gasteiger partial charge in [0.15, 0.2) is 0 Å². The lowest BCUT2D eigenvalue weighted by molar-refractivity contribution is 0.256. The van der Waals surface area contributed by atoms with Crippen LogP contribution in [0.25, 0.3) is 0 Å². The van der Waals surface area contributed by atoms with Gasteiger partial charge in [-0.3, -0.25) is 4.90 Å². The fourth-order valence-electron chi connectivity index (χ4n) is 3.98. The van der Waals surface area contributed by atoms with E-state index in [1.165, 1.54) is 17.5 Å². The number of benzene rings is 1. The summed E-state index contributed by atoms with van der Waals surface area (Å²) in [7, 11) is 4.35. The zero-order chi connectivity index (χ0) is 15.8. The van der Waals surface area contributed by atoms with Gasteiger partial charge in [-0.25, -0.2) is 9.67 Å². The molecule has 0 saturated carbocycles. The Morgan fingerprint density at radius 1 is 1.17 bits per heavy atom. The largest absolute Gasteiger partial charge is 0.305 e. The molecule has 1 fully saturated rings. The molecule has 0 spiro atoms. The molecule has 4 rings (SSSR count). The third-order valence-electron chi connectivity index (χ3n) is 5.37. The molecule has 1 aliphatic carbocycles. The third kappa shape index (κ3) is 2.91. The number of hydrogen-bond acceptors (Lipinski definition) is 4. The first-order valence-corrected chi connectivity index (χ1v) is 8.54. The van der Waals surface area contributed by atoms with Crippen molar-refractivity contribution in [2.45, 2.75) is 37.9 Å². The molecule has 1 saturated heterocycles. The van der Waals surface area contributed by atoms with Crippen LogP contribution in [0, 0.1) is 0 Å². The molecule has 5 heteroatoms. The molecule has 2 aromatic rings. The summed E-state index contributed by atoms with van der Waals surface area (Å²) in [4.78, 5) is 9.39. The average Bonchev–Trinajstić information content (AvgIpc) is 3.25. The fraction of sp³-hybridized carbons (Fsp3) is 0.556. The van der Waals surface area contributed by atoms with E-state index in [-0.39, 0.29) is 0 Å². The first-order chi connectivity index (χ1) is 11.2. The summed E-state index contributed by atoms with van der Waals surface area (Å²) in [6.07, 6.45) is 5.12. The quantitative estimate of drug-likeness (QED) is 0.862. The van der Waals surface area contributed by atoms with E-state index in [4.69, 9.17) is 0 Å². The van der Waals surface area contributed by atoms with Crippen molar-refractivity contribution in [1.29, 1.82) is 0 Å². The van der Waals surface area contributed by atoms with Crippen LogP contribution in [0.4, 0.5) is 0 Å². The zero-order valence-corrected chi connectivity index (χ0v) is 14.0. The molecule has 1 atom stereocenters. The van der Waals surface area contributed by atoms with Gasteiger partial charge < -0.3 is 4.90 Å². The Labute approximate surface area is 137 Å². The number of nitrogens with zero attached hydrogens (tertiary/aromatic N) is 5. The summed E-state index contributed by atoms with van der Waals surface area (Å²) in [5.41, 5.74) is 2.93. The number of rotatable bonds is 4. The summed E-state index contributed by atoms with van der Waals surface area (Å²) in [5.74, 6) is 1.11. The highest BCUT2D eigenvalue weighted by Gasteiger charge is 2.28. The van der Waals surface area contributed by atoms with Crippen molar-refractivity contribution >= 4 is 0 Å². The third-order valence-corrected chi connectivity index (χ3v) is 5.37. The van der Waals surface area contributed by atoms with Gasteiger partial charge in [0.05, 0.1) is 12.6 Å². The number of likely N-dealkylation sites (N-methyl/N-ethyl adjacent to an activating group) is 1. The van der Waals surface area contributed by atoms with Gasteiger partial charge in [-0.15, -0.1) is 0 Å². The van der Waals surface area contributed by atoms with Crippen molar-refractivity contribution < 1.29 is 0 Å². The first-order valence-electron chi connectivity index (χ1n) is 8.54. The van der Waals surface area contributed by atoms with Crippen molar-refractivity contribution in [1.82, 2.24) is 24.6 Å². The molecule has 0 bridgehead atoms. The monoisotopic (exact) mass is 311 g/mol. The van der Waals surface area contributed by atoms with E-state index in [2.05, 4.69) is 62.9 Å². The molecule has 0 amide bonds. The minimum absolute atomic E-state index is 0.428. The van der Waals surface area contributed by atoms with Crippen LogP contribution in [-0.4, -0.2) is 57.8 Å². The van der Waals surface area contributed by atoms with Crippen molar-refractivity contribution in [3.8, 4) is 0 Å². The van der Waals surface area contributed by atoms with Crippen molar-refractivity contribution in [3.63, 3.8) is 0 Å². The lowest BCUT2D eigenvalue weighted by Gasteiger charge is -2.21. The predicted octanol–water partition coefficient (Wildman–Crippen LogP) is 1.75. The Hall–Kier alpha value is -1.72. The Bertz CT molecular complexity index is 653. The minimum atomic E-state index is 0.428. The normalized spacial score (nSPS) is 22.1. The molecule has 0 unspecified atom stereocenters. The van der Waals surface area contributed by atoms with Crippen molar-refractivity contribution in [2.24, 2.45) is 0 Å². The maximum absolute atomic E-state index is 4.55. The average molecular weight is 311 g/mol. The summed E-state index contributed by atoms with van der Waals surface area (Å²) in [6.45, 7) is 3.20. The standard InChI is InChI=1S/C18H25N5/c1-21(2)16-7-8-22(11-16)12-18-19-13-20-23(18)17-9-14-5-3-4-6-15(14)10-17/h3-6,13,16-17H,7-12H2,1-2H3/t16-/m0/s1. The molecule has 23 heavy (non-hydrogen) atoms. The second-order valence-corrected chi connectivity index (χ2v) is 7.09. The van der Waals surface area contributed by atoms with Crippen LogP contribution in [0.3, 0.4) is 0 Å². The van der Waals surface area contributed by atoms with Crippen LogP contribution in [0.2, 0.25) is 0 Å². The number of likely N-dealkylation sites (tertiary alicyclic amines) is 1. The second kappa shape index (κ2) is 6.06. The Kier molecular flexibility index (Phi) is 3.91. The summed E-state index contributed by atoms with van der Waals surface area (Å²) in [5, 5.41) is 4.55. The summed E-state index contributed by atoms with van der Waals surface area (Å²) < 4.78 is 2.17. The molecular weight excluding hydrogens is 286 g/mol. The zero-order valence-electron chi connectivity index (χ0n) is 14.0. The van der Waals surface area contributed by atoms with Crippen molar-refractivity contribution in [2.75, 3.05) is 27.2 Å². The molecule has 5 nitrogen and oxygen atoms in total. The van der Waals surface area contributed by atoms with E-state index >= 15 is 0 Å². The maximum Gasteiger partial charge on any atom is 0.141 e. The van der Waals surface area contributed by atoms with Gasteiger partial charge in [0.2, 0.25) is 0 Å². The lowest BCUT2D eigenvalue weighted by atomic mass is 10.1. The van der Waals surface area contributed by atoms with Gasteiger partial charge in [-0.2, -0.15) is 5.10 Å². The minimum Gasteiger partial charge on any atom is -0.305 e. The molecule has 122 valence electrons. The molecule has 2 aliphatic rings. The van der Waals surface area contributed by atoms with E-state index in [1.54, 1.807) is 6.33 Å². The lowest BCUT2D eigenvalue weighted by Crippen LogP contribution is -2.32. The second-order valence-electron chi connectivity index (χ2n) is 7.09. The topological polar surface area (TPSA) is 37.2 Å². The van der Waals surface area contributed by atoms with Crippen LogP contribution in [0.5, 0.6) is 0 Å². The van der Waals surface area contributed by atoms with Crippen LogP contribution < -0.4 is 0 Å². The molecule has 0 radical (unpaired) electrons. The predicted molar refractivity (Wildman–Crippen MR) is 90.3 cm³/mol. The summed E-state index contributed by atoms with van der Waals surface area (Å²) >= 11 is 0. The van der Waals surface area contributed by atoms with E-state index in [0.29, 0.717) is 12.1 Å². The molecule has 0 N–H and O–H groups in total.